The molecule has 4 aromatic rings. The van der Waals surface area contributed by atoms with E-state index in [1.807, 2.05) is 59.0 Å². The molecule has 0 spiro atoms. The molecule has 0 aliphatic carbocycles. The molecule has 7 nitrogen and oxygen atoms in total. The van der Waals surface area contributed by atoms with Gasteiger partial charge in [-0.3, -0.25) is 4.98 Å². The van der Waals surface area contributed by atoms with Crippen LogP contribution in [-0.4, -0.2) is 49.5 Å². The number of thioether (sulfide) groups is 1. The van der Waals surface area contributed by atoms with Gasteiger partial charge in [0.2, 0.25) is 0 Å². The first-order valence-electron chi connectivity index (χ1n) is 11.8. The maximum atomic E-state index is 9.57. The number of pyridine rings is 2. The third-order valence-electron chi connectivity index (χ3n) is 6.24. The summed E-state index contributed by atoms with van der Waals surface area (Å²) in [4.78, 5) is 12.0. The zero-order chi connectivity index (χ0) is 23.5. The molecule has 1 saturated heterocycles. The van der Waals surface area contributed by atoms with Crippen LogP contribution in [0.3, 0.4) is 0 Å². The number of hydrogen-bond donors (Lipinski definition) is 2. The lowest BCUT2D eigenvalue weighted by molar-refractivity contribution is 0.276. The number of aliphatic hydroxyl groups excluding tert-OH is 1. The van der Waals surface area contributed by atoms with Gasteiger partial charge in [-0.25, -0.2) is 9.67 Å². The first-order valence-corrected chi connectivity index (χ1v) is 13.0. The lowest BCUT2D eigenvalue weighted by Crippen LogP contribution is -2.32. The minimum absolute atomic E-state index is 0.0665. The van der Waals surface area contributed by atoms with Gasteiger partial charge in [-0.15, -0.1) is 0 Å². The summed E-state index contributed by atoms with van der Waals surface area (Å²) >= 11 is 1.99. The molecule has 0 radical (unpaired) electrons. The van der Waals surface area contributed by atoms with Crippen LogP contribution in [0.15, 0.2) is 54.7 Å². The lowest BCUT2D eigenvalue weighted by Gasteiger charge is -2.29. The molecule has 0 bridgehead atoms. The van der Waals surface area contributed by atoms with Crippen LogP contribution in [0.5, 0.6) is 0 Å². The average Bonchev–Trinajstić information content (AvgIpc) is 3.33. The van der Waals surface area contributed by atoms with Crippen molar-refractivity contribution in [2.24, 2.45) is 5.73 Å². The molecule has 0 unspecified atom stereocenters. The molecule has 3 aromatic heterocycles. The summed E-state index contributed by atoms with van der Waals surface area (Å²) in [7, 11) is 0. The molecule has 1 aromatic carbocycles. The van der Waals surface area contributed by atoms with Crippen molar-refractivity contribution in [2.75, 3.05) is 29.5 Å². The highest BCUT2D eigenvalue weighted by Crippen LogP contribution is 2.35. The second-order valence-corrected chi connectivity index (χ2v) is 9.80. The fourth-order valence-corrected chi connectivity index (χ4v) is 5.36. The summed E-state index contributed by atoms with van der Waals surface area (Å²) in [5, 5.41) is 15.4. The van der Waals surface area contributed by atoms with Crippen molar-refractivity contribution in [3.05, 3.63) is 66.1 Å². The molecule has 1 atom stereocenters. The van der Waals surface area contributed by atoms with Crippen LogP contribution in [0.25, 0.3) is 28.0 Å². The molecule has 5 rings (SSSR count). The van der Waals surface area contributed by atoms with E-state index in [-0.39, 0.29) is 12.6 Å². The van der Waals surface area contributed by atoms with E-state index in [0.717, 1.165) is 65.3 Å². The zero-order valence-electron chi connectivity index (χ0n) is 19.4. The molecule has 1 aliphatic rings. The van der Waals surface area contributed by atoms with Crippen LogP contribution >= 0.6 is 11.8 Å². The maximum Gasteiger partial charge on any atom is 0.154 e. The smallest absolute Gasteiger partial charge is 0.154 e. The molecule has 1 fully saturated rings. The predicted octanol–water partition coefficient (Wildman–Crippen LogP) is 4.33. The number of fused-ring (bicyclic) bond motifs is 1. The van der Waals surface area contributed by atoms with E-state index in [4.69, 9.17) is 15.8 Å². The van der Waals surface area contributed by atoms with Crippen molar-refractivity contribution in [3.8, 4) is 17.1 Å². The van der Waals surface area contributed by atoms with Crippen molar-refractivity contribution in [1.29, 1.82) is 0 Å². The zero-order valence-corrected chi connectivity index (χ0v) is 20.2. The average molecular weight is 475 g/mol. The highest BCUT2D eigenvalue weighted by molar-refractivity contribution is 7.99. The number of aliphatic hydroxyl groups is 1. The summed E-state index contributed by atoms with van der Waals surface area (Å²) in [6.45, 7) is 4.04. The van der Waals surface area contributed by atoms with Crippen molar-refractivity contribution in [1.82, 2.24) is 19.7 Å². The van der Waals surface area contributed by atoms with Gasteiger partial charge in [-0.1, -0.05) is 25.5 Å². The van der Waals surface area contributed by atoms with Gasteiger partial charge in [0.1, 0.15) is 0 Å². The number of benzene rings is 1. The van der Waals surface area contributed by atoms with E-state index >= 15 is 0 Å². The topological polar surface area (TPSA) is 93.1 Å². The monoisotopic (exact) mass is 474 g/mol. The molecule has 34 heavy (non-hydrogen) atoms. The summed E-state index contributed by atoms with van der Waals surface area (Å²) in [5.41, 5.74) is 12.0. The Labute approximate surface area is 204 Å². The molecular weight excluding hydrogens is 444 g/mol. The van der Waals surface area contributed by atoms with E-state index in [9.17, 15) is 5.11 Å². The van der Waals surface area contributed by atoms with Crippen molar-refractivity contribution >= 4 is 28.4 Å². The summed E-state index contributed by atoms with van der Waals surface area (Å²) in [5.74, 6) is 2.91. The Balaban J connectivity index is 1.67. The normalized spacial score (nSPS) is 15.1. The van der Waals surface area contributed by atoms with Crippen LogP contribution in [0.1, 0.15) is 37.2 Å². The molecular formula is C26H30N6OS. The quantitative estimate of drug-likeness (QED) is 0.412. The number of aromatic nitrogens is 4. The summed E-state index contributed by atoms with van der Waals surface area (Å²) in [6.07, 6.45) is 3.85. The molecule has 8 heteroatoms. The molecule has 3 N–H and O–H groups in total. The van der Waals surface area contributed by atoms with E-state index in [0.29, 0.717) is 11.5 Å². The minimum Gasteiger partial charge on any atom is -0.390 e. The SMILES string of the molecule is CCC[C@H](N)c1cccc(-c2cc(N3CCSCC3)c3cnn(-c4cccc(CO)n4)c3c2)n1. The Morgan fingerprint density at radius 1 is 1.09 bits per heavy atom. The number of anilines is 1. The third kappa shape index (κ3) is 4.53. The lowest BCUT2D eigenvalue weighted by atomic mass is 10.0. The Morgan fingerprint density at radius 3 is 2.71 bits per heavy atom. The van der Waals surface area contributed by atoms with Gasteiger partial charge >= 0.3 is 0 Å². The van der Waals surface area contributed by atoms with Gasteiger partial charge < -0.3 is 15.7 Å². The van der Waals surface area contributed by atoms with E-state index in [2.05, 4.69) is 28.9 Å². The van der Waals surface area contributed by atoms with Gasteiger partial charge in [0.25, 0.3) is 0 Å². The van der Waals surface area contributed by atoms with Crippen molar-refractivity contribution in [3.63, 3.8) is 0 Å². The van der Waals surface area contributed by atoms with E-state index < -0.39 is 0 Å². The molecule has 0 amide bonds. The maximum absolute atomic E-state index is 9.57. The fourth-order valence-electron chi connectivity index (χ4n) is 4.46. The van der Waals surface area contributed by atoms with Crippen LogP contribution in [0, 0.1) is 0 Å². The van der Waals surface area contributed by atoms with Gasteiger partial charge in [0, 0.05) is 47.3 Å². The highest BCUT2D eigenvalue weighted by Gasteiger charge is 2.20. The standard InChI is InChI=1S/C26H30N6OS/c1-2-5-21(27)23-8-4-7-22(30-23)18-14-24(31-10-12-34-13-11-31)20-16-28-32(25(20)15-18)26-9-3-6-19(17-33)29-26/h3-4,6-9,14-16,21,33H,2,5,10-13,17,27H2,1H3/t21-/m0/s1. The Kier molecular flexibility index (Phi) is 6.80. The second kappa shape index (κ2) is 10.1. The first kappa shape index (κ1) is 22.8. The Bertz CT molecular complexity index is 1280. The van der Waals surface area contributed by atoms with Crippen LogP contribution in [0.4, 0.5) is 5.69 Å². The molecule has 176 valence electrons. The van der Waals surface area contributed by atoms with Crippen molar-refractivity contribution in [2.45, 2.75) is 32.4 Å². The first-order chi connectivity index (χ1) is 16.7. The van der Waals surface area contributed by atoms with Gasteiger partial charge in [-0.2, -0.15) is 16.9 Å². The number of rotatable bonds is 7. The molecule has 1 aliphatic heterocycles. The van der Waals surface area contributed by atoms with Crippen LogP contribution in [-0.2, 0) is 6.61 Å². The van der Waals surface area contributed by atoms with Crippen molar-refractivity contribution < 1.29 is 5.11 Å². The predicted molar refractivity (Wildman–Crippen MR) is 139 cm³/mol. The molecule has 0 saturated carbocycles. The fraction of sp³-hybridized carbons (Fsp3) is 0.346. The van der Waals surface area contributed by atoms with E-state index in [1.54, 1.807) is 0 Å². The Hall–Kier alpha value is -2.94. The number of nitrogens with two attached hydrogens (primary N) is 1. The van der Waals surface area contributed by atoms with Gasteiger partial charge in [-0.05, 0) is 42.8 Å². The summed E-state index contributed by atoms with van der Waals surface area (Å²) in [6, 6.07) is 16.0. The van der Waals surface area contributed by atoms with E-state index in [1.165, 1.54) is 5.69 Å². The number of nitrogens with zero attached hydrogens (tertiary/aromatic N) is 5. The van der Waals surface area contributed by atoms with Crippen LogP contribution < -0.4 is 10.6 Å². The second-order valence-electron chi connectivity index (χ2n) is 8.57. The third-order valence-corrected chi connectivity index (χ3v) is 7.18. The largest absolute Gasteiger partial charge is 0.390 e. The number of hydrogen-bond acceptors (Lipinski definition) is 7. The highest BCUT2D eigenvalue weighted by atomic mass is 32.2. The Morgan fingerprint density at radius 2 is 1.91 bits per heavy atom. The van der Waals surface area contributed by atoms with Gasteiger partial charge in [0.15, 0.2) is 5.82 Å². The van der Waals surface area contributed by atoms with Crippen LogP contribution in [0.2, 0.25) is 0 Å². The molecule has 4 heterocycles. The van der Waals surface area contributed by atoms with Gasteiger partial charge in [0.05, 0.1) is 35.4 Å². The summed E-state index contributed by atoms with van der Waals surface area (Å²) < 4.78 is 1.85. The minimum atomic E-state index is -0.107.